The van der Waals surface area contributed by atoms with Crippen molar-refractivity contribution in [2.45, 2.75) is 30.7 Å². The van der Waals surface area contributed by atoms with Crippen molar-refractivity contribution in [1.29, 1.82) is 0 Å². The molecule has 0 unspecified atom stereocenters. The van der Waals surface area contributed by atoms with Crippen molar-refractivity contribution in [2.75, 3.05) is 21.3 Å². The van der Waals surface area contributed by atoms with Gasteiger partial charge in [0, 0.05) is 19.0 Å². The van der Waals surface area contributed by atoms with Crippen LogP contribution in [-0.2, 0) is 19.1 Å². The number of methoxy groups -OCH3 is 2. The zero-order chi connectivity index (χ0) is 27.4. The number of Topliss-reactive ketones (excluding diaryl/α,β-unsaturated/α-hetero) is 1. The van der Waals surface area contributed by atoms with Gasteiger partial charge in [0.25, 0.3) is 5.91 Å². The lowest BCUT2D eigenvalue weighted by atomic mass is 9.97. The Labute approximate surface area is 223 Å². The zero-order valence-electron chi connectivity index (χ0n) is 21.3. The number of carbonyl (C=O) groups excluding carboxylic acids is 4. The third-order valence-corrected chi connectivity index (χ3v) is 7.39. The standard InChI is InChI=1S/C28H24N2O9/c1-29-24-25(31)14-4-6-18(35-2)21(11-14)38-22-12-15(5-7-19(22)36-3)28(34)39-20-8-9-37-13-16-10-17(26(29)32)30(23(16)20)27(24)33/h4-9,11-13,17,20,23-24H,10H2,1-3H3/t17-,20-,23-,24+/m0/s1. The number of benzene rings is 2. The van der Waals surface area contributed by atoms with Gasteiger partial charge in [0.05, 0.1) is 38.3 Å². The molecule has 4 heterocycles. The second-order valence-electron chi connectivity index (χ2n) is 9.49. The Morgan fingerprint density at radius 3 is 2.26 bits per heavy atom. The van der Waals surface area contributed by atoms with E-state index in [1.807, 2.05) is 0 Å². The molecule has 2 aromatic rings. The normalized spacial score (nSPS) is 25.5. The molecule has 200 valence electrons. The highest BCUT2D eigenvalue weighted by Gasteiger charge is 2.56. The number of ether oxygens (including phenoxy) is 5. The fourth-order valence-corrected chi connectivity index (χ4v) is 5.48. The van der Waals surface area contributed by atoms with Crippen LogP contribution in [0.3, 0.4) is 0 Å². The number of rotatable bonds is 2. The van der Waals surface area contributed by atoms with Gasteiger partial charge in [-0.2, -0.15) is 0 Å². The average Bonchev–Trinajstić information content (AvgIpc) is 3.22. The van der Waals surface area contributed by atoms with Gasteiger partial charge in [-0.1, -0.05) is 0 Å². The molecule has 6 bridgehead atoms. The van der Waals surface area contributed by atoms with Gasteiger partial charge < -0.3 is 33.5 Å². The summed E-state index contributed by atoms with van der Waals surface area (Å²) < 4.78 is 28.2. The van der Waals surface area contributed by atoms with Crippen LogP contribution in [0.5, 0.6) is 23.0 Å². The molecule has 0 saturated carbocycles. The Morgan fingerprint density at radius 1 is 0.897 bits per heavy atom. The number of hydrogen-bond donors (Lipinski definition) is 0. The van der Waals surface area contributed by atoms with E-state index in [-0.39, 0.29) is 29.0 Å². The Kier molecular flexibility index (Phi) is 5.78. The van der Waals surface area contributed by atoms with Gasteiger partial charge in [0.15, 0.2) is 34.8 Å². The van der Waals surface area contributed by atoms with Crippen LogP contribution in [0, 0.1) is 0 Å². The van der Waals surface area contributed by atoms with Gasteiger partial charge in [-0.3, -0.25) is 14.4 Å². The van der Waals surface area contributed by atoms with Crippen molar-refractivity contribution in [1.82, 2.24) is 9.80 Å². The lowest BCUT2D eigenvalue weighted by Crippen LogP contribution is -2.66. The first kappa shape index (κ1) is 24.5. The zero-order valence-corrected chi connectivity index (χ0v) is 21.3. The van der Waals surface area contributed by atoms with Gasteiger partial charge in [-0.15, -0.1) is 0 Å². The van der Waals surface area contributed by atoms with Crippen LogP contribution in [0.15, 0.2) is 60.6 Å². The molecule has 6 rings (SSSR count). The van der Waals surface area contributed by atoms with Gasteiger partial charge >= 0.3 is 5.97 Å². The molecular formula is C28H24N2O9. The molecule has 0 spiro atoms. The molecule has 4 atom stereocenters. The Morgan fingerprint density at radius 2 is 1.56 bits per heavy atom. The summed E-state index contributed by atoms with van der Waals surface area (Å²) in [6, 6.07) is 5.88. The van der Waals surface area contributed by atoms with Gasteiger partial charge in [-0.25, -0.2) is 4.79 Å². The predicted molar refractivity (Wildman–Crippen MR) is 134 cm³/mol. The molecule has 0 aliphatic carbocycles. The highest BCUT2D eigenvalue weighted by molar-refractivity contribution is 6.18. The maximum Gasteiger partial charge on any atom is 0.338 e. The fourth-order valence-electron chi connectivity index (χ4n) is 5.48. The SMILES string of the molecule is COc1ccc2cc1Oc1cc(ccc1OC)C(=O)[C@@H]1C(=O)N3[C@@H](CC4=COC=C[C@H](OC2=O)[C@H]43)C(=O)N1C. The number of carbonyl (C=O) groups is 4. The predicted octanol–water partition coefficient (Wildman–Crippen LogP) is 2.46. The molecule has 0 aromatic heterocycles. The maximum atomic E-state index is 14.0. The quantitative estimate of drug-likeness (QED) is 0.424. The lowest BCUT2D eigenvalue weighted by molar-refractivity contribution is -0.158. The molecule has 0 N–H and O–H groups in total. The summed E-state index contributed by atoms with van der Waals surface area (Å²) in [4.78, 5) is 57.1. The lowest BCUT2D eigenvalue weighted by Gasteiger charge is -2.42. The van der Waals surface area contributed by atoms with Crippen molar-refractivity contribution < 1.29 is 42.9 Å². The minimum atomic E-state index is -1.43. The molecule has 39 heavy (non-hydrogen) atoms. The Hall–Kier alpha value is -4.80. The number of esters is 1. The van der Waals surface area contributed by atoms with Crippen LogP contribution in [0.4, 0.5) is 0 Å². The summed E-state index contributed by atoms with van der Waals surface area (Å²) in [6.45, 7) is 0. The van der Waals surface area contributed by atoms with Crippen LogP contribution in [0.25, 0.3) is 0 Å². The van der Waals surface area contributed by atoms with Crippen molar-refractivity contribution in [3.8, 4) is 23.0 Å². The summed E-state index contributed by atoms with van der Waals surface area (Å²) in [6.07, 6.45) is 3.52. The van der Waals surface area contributed by atoms with Crippen LogP contribution in [-0.4, -0.2) is 78.9 Å². The monoisotopic (exact) mass is 532 g/mol. The summed E-state index contributed by atoms with van der Waals surface area (Å²) >= 11 is 0. The maximum absolute atomic E-state index is 14.0. The first-order chi connectivity index (χ1) is 18.8. The minimum absolute atomic E-state index is 0.134. The third-order valence-electron chi connectivity index (χ3n) is 7.39. The number of fused-ring (bicyclic) bond motifs is 5. The molecule has 2 aromatic carbocycles. The summed E-state index contributed by atoms with van der Waals surface area (Å²) in [5, 5.41) is 0. The Balaban J connectivity index is 1.56. The van der Waals surface area contributed by atoms with Gasteiger partial charge in [0.2, 0.25) is 5.91 Å². The number of amides is 2. The van der Waals surface area contributed by atoms with Gasteiger partial charge in [0.1, 0.15) is 12.1 Å². The molecule has 11 heteroatoms. The van der Waals surface area contributed by atoms with E-state index in [2.05, 4.69) is 0 Å². The number of piperazine rings is 1. The van der Waals surface area contributed by atoms with Crippen molar-refractivity contribution in [2.24, 2.45) is 0 Å². The molecule has 2 saturated heterocycles. The summed E-state index contributed by atoms with van der Waals surface area (Å²) in [7, 11) is 4.32. The molecule has 2 fully saturated rings. The second kappa shape index (κ2) is 9.19. The van der Waals surface area contributed by atoms with Crippen LogP contribution >= 0.6 is 0 Å². The molecule has 11 nitrogen and oxygen atoms in total. The topological polar surface area (TPSA) is 121 Å². The van der Waals surface area contributed by atoms with E-state index in [9.17, 15) is 19.2 Å². The minimum Gasteiger partial charge on any atom is -0.493 e. The highest BCUT2D eigenvalue weighted by atomic mass is 16.6. The third kappa shape index (κ3) is 3.80. The molecular weight excluding hydrogens is 508 g/mol. The van der Waals surface area contributed by atoms with E-state index in [0.29, 0.717) is 17.1 Å². The number of ketones is 1. The van der Waals surface area contributed by atoms with Gasteiger partial charge in [-0.05, 0) is 48.0 Å². The van der Waals surface area contributed by atoms with E-state index >= 15 is 0 Å². The molecule has 2 amide bonds. The molecule has 4 aliphatic heterocycles. The number of nitrogens with zero attached hydrogens (tertiary/aromatic N) is 2. The summed E-state index contributed by atoms with van der Waals surface area (Å²) in [5.74, 6) is -1.32. The fraction of sp³-hybridized carbons (Fsp3) is 0.286. The smallest absolute Gasteiger partial charge is 0.338 e. The summed E-state index contributed by atoms with van der Waals surface area (Å²) in [5.41, 5.74) is 0.889. The van der Waals surface area contributed by atoms with Crippen molar-refractivity contribution in [3.05, 3.63) is 71.7 Å². The number of hydrogen-bond acceptors (Lipinski definition) is 9. The second-order valence-corrected chi connectivity index (χ2v) is 9.49. The largest absolute Gasteiger partial charge is 0.493 e. The Bertz CT molecular complexity index is 1480. The van der Waals surface area contributed by atoms with Crippen LogP contribution in [0.1, 0.15) is 27.1 Å². The average molecular weight is 533 g/mol. The number of likely N-dealkylation sites (N-methyl/N-ethyl adjacent to an activating group) is 1. The van der Waals surface area contributed by atoms with E-state index in [0.717, 1.165) is 0 Å². The van der Waals surface area contributed by atoms with E-state index < -0.39 is 47.8 Å². The molecule has 0 radical (unpaired) electrons. The van der Waals surface area contributed by atoms with E-state index in [1.54, 1.807) is 6.07 Å². The first-order valence-corrected chi connectivity index (χ1v) is 12.2. The van der Waals surface area contributed by atoms with E-state index in [4.69, 9.17) is 23.7 Å². The van der Waals surface area contributed by atoms with Crippen molar-refractivity contribution >= 4 is 23.6 Å². The van der Waals surface area contributed by atoms with E-state index in [1.165, 1.54) is 80.0 Å². The highest BCUT2D eigenvalue weighted by Crippen LogP contribution is 2.41. The van der Waals surface area contributed by atoms with Crippen LogP contribution in [0.2, 0.25) is 0 Å². The molecule has 4 aliphatic rings. The first-order valence-electron chi connectivity index (χ1n) is 12.2. The van der Waals surface area contributed by atoms with Crippen LogP contribution < -0.4 is 14.2 Å². The van der Waals surface area contributed by atoms with Crippen molar-refractivity contribution in [3.63, 3.8) is 0 Å².